The van der Waals surface area contributed by atoms with Crippen LogP contribution < -0.4 is 0 Å². The molecule has 0 fully saturated rings. The molecule has 0 spiro atoms. The Labute approximate surface area is 145 Å². The zero-order valence-corrected chi connectivity index (χ0v) is 13.6. The Morgan fingerprint density at radius 3 is 1.67 bits per heavy atom. The van der Waals surface area contributed by atoms with Crippen molar-refractivity contribution in [2.75, 3.05) is 0 Å². The number of carboxylic acids is 1. The lowest BCUT2D eigenvalue weighted by Crippen LogP contribution is -2.00. The summed E-state index contributed by atoms with van der Waals surface area (Å²) in [5.41, 5.74) is 4.24. The van der Waals surface area contributed by atoms with Gasteiger partial charge in [-0.15, -0.1) is 0 Å². The van der Waals surface area contributed by atoms with E-state index in [0.717, 1.165) is 22.3 Å². The van der Waals surface area contributed by atoms with Crippen molar-refractivity contribution in [3.05, 3.63) is 101 Å². The maximum absolute atomic E-state index is 11.4. The SMILES string of the molecule is O=C(O)/C(Cl)=C(\c1ccccc1)c1ccc(-c2ccccc2)cc1. The summed E-state index contributed by atoms with van der Waals surface area (Å²) < 4.78 is 0. The van der Waals surface area contributed by atoms with E-state index in [0.29, 0.717) is 5.57 Å². The second-order valence-corrected chi connectivity index (χ2v) is 5.68. The summed E-state index contributed by atoms with van der Waals surface area (Å²) in [6, 6.07) is 27.1. The Morgan fingerprint density at radius 1 is 0.667 bits per heavy atom. The van der Waals surface area contributed by atoms with Crippen LogP contribution in [0.1, 0.15) is 11.1 Å². The number of hydrogen-bond acceptors (Lipinski definition) is 1. The van der Waals surface area contributed by atoms with Crippen LogP contribution in [0.2, 0.25) is 0 Å². The van der Waals surface area contributed by atoms with Gasteiger partial charge >= 0.3 is 5.97 Å². The van der Waals surface area contributed by atoms with E-state index in [1.807, 2.05) is 84.9 Å². The highest BCUT2D eigenvalue weighted by molar-refractivity contribution is 6.44. The minimum Gasteiger partial charge on any atom is -0.477 e. The van der Waals surface area contributed by atoms with Gasteiger partial charge in [0.2, 0.25) is 0 Å². The Morgan fingerprint density at radius 2 is 1.12 bits per heavy atom. The van der Waals surface area contributed by atoms with Crippen molar-refractivity contribution < 1.29 is 9.90 Å². The molecule has 118 valence electrons. The first kappa shape index (κ1) is 16.0. The van der Waals surface area contributed by atoms with Gasteiger partial charge in [0.25, 0.3) is 0 Å². The minimum atomic E-state index is -1.14. The molecule has 3 aromatic carbocycles. The van der Waals surface area contributed by atoms with Gasteiger partial charge in [0.15, 0.2) is 0 Å². The van der Waals surface area contributed by atoms with Gasteiger partial charge in [-0.3, -0.25) is 0 Å². The predicted molar refractivity (Wildman–Crippen MR) is 97.8 cm³/mol. The molecular weight excluding hydrogens is 320 g/mol. The monoisotopic (exact) mass is 334 g/mol. The topological polar surface area (TPSA) is 37.3 Å². The maximum Gasteiger partial charge on any atom is 0.347 e. The average Bonchev–Trinajstić information content (AvgIpc) is 2.64. The maximum atomic E-state index is 11.4. The number of halogens is 1. The number of aliphatic carboxylic acids is 1. The van der Waals surface area contributed by atoms with Crippen molar-refractivity contribution in [2.24, 2.45) is 0 Å². The lowest BCUT2D eigenvalue weighted by Gasteiger charge is -2.11. The molecule has 0 atom stereocenters. The van der Waals surface area contributed by atoms with Gasteiger partial charge in [0.05, 0.1) is 0 Å². The minimum absolute atomic E-state index is 0.186. The number of benzene rings is 3. The van der Waals surface area contributed by atoms with Crippen LogP contribution in [0.3, 0.4) is 0 Å². The van der Waals surface area contributed by atoms with Crippen LogP contribution in [0, 0.1) is 0 Å². The number of carboxylic acid groups (broad SMARTS) is 1. The fourth-order valence-corrected chi connectivity index (χ4v) is 2.81. The Hall–Kier alpha value is -2.84. The normalized spacial score (nSPS) is 11.7. The van der Waals surface area contributed by atoms with Gasteiger partial charge in [0, 0.05) is 5.57 Å². The summed E-state index contributed by atoms with van der Waals surface area (Å²) in [7, 11) is 0. The lowest BCUT2D eigenvalue weighted by atomic mass is 9.95. The summed E-state index contributed by atoms with van der Waals surface area (Å²) in [6.07, 6.45) is 0. The molecule has 0 saturated heterocycles. The molecular formula is C21H15ClO2. The second kappa shape index (κ2) is 7.16. The molecule has 0 radical (unpaired) electrons. The average molecular weight is 335 g/mol. The van der Waals surface area contributed by atoms with E-state index in [4.69, 9.17) is 11.6 Å². The molecule has 0 heterocycles. The molecule has 0 saturated carbocycles. The molecule has 24 heavy (non-hydrogen) atoms. The molecule has 0 aromatic heterocycles. The third kappa shape index (κ3) is 3.39. The fraction of sp³-hybridized carbons (Fsp3) is 0. The van der Waals surface area contributed by atoms with Crippen molar-refractivity contribution in [1.29, 1.82) is 0 Å². The molecule has 0 aliphatic rings. The predicted octanol–water partition coefficient (Wildman–Crippen LogP) is 5.44. The summed E-state index contributed by atoms with van der Waals surface area (Å²) in [4.78, 5) is 11.4. The summed E-state index contributed by atoms with van der Waals surface area (Å²) in [5, 5.41) is 9.13. The highest BCUT2D eigenvalue weighted by Gasteiger charge is 2.15. The van der Waals surface area contributed by atoms with Crippen LogP contribution >= 0.6 is 11.6 Å². The van der Waals surface area contributed by atoms with Crippen LogP contribution in [0.15, 0.2) is 90.0 Å². The van der Waals surface area contributed by atoms with E-state index >= 15 is 0 Å². The van der Waals surface area contributed by atoms with Gasteiger partial charge in [-0.05, 0) is 22.3 Å². The van der Waals surface area contributed by atoms with Gasteiger partial charge in [-0.2, -0.15) is 0 Å². The standard InChI is InChI=1S/C21H15ClO2/c22-20(21(23)24)19(17-9-5-2-6-10-17)18-13-11-16(12-14-18)15-7-3-1-4-8-15/h1-14H,(H,23,24)/b20-19-. The fourth-order valence-electron chi connectivity index (χ4n) is 2.59. The van der Waals surface area contributed by atoms with Gasteiger partial charge in [-0.1, -0.05) is 96.5 Å². The van der Waals surface area contributed by atoms with E-state index in [1.54, 1.807) is 0 Å². The second-order valence-electron chi connectivity index (χ2n) is 5.30. The zero-order chi connectivity index (χ0) is 16.9. The van der Waals surface area contributed by atoms with E-state index in [1.165, 1.54) is 0 Å². The molecule has 3 heteroatoms. The van der Waals surface area contributed by atoms with Crippen LogP contribution in [-0.2, 0) is 4.79 Å². The molecule has 0 aliphatic carbocycles. The van der Waals surface area contributed by atoms with Crippen molar-refractivity contribution in [2.45, 2.75) is 0 Å². The first-order valence-electron chi connectivity index (χ1n) is 7.51. The quantitative estimate of drug-likeness (QED) is 0.645. The third-order valence-electron chi connectivity index (χ3n) is 3.75. The molecule has 0 amide bonds. The van der Waals surface area contributed by atoms with Crippen LogP contribution in [0.5, 0.6) is 0 Å². The van der Waals surface area contributed by atoms with E-state index < -0.39 is 5.97 Å². The van der Waals surface area contributed by atoms with Crippen LogP contribution in [-0.4, -0.2) is 11.1 Å². The third-order valence-corrected chi connectivity index (χ3v) is 4.10. The number of carbonyl (C=O) groups is 1. The van der Waals surface area contributed by atoms with Crippen LogP contribution in [0.4, 0.5) is 0 Å². The molecule has 3 aromatic rings. The van der Waals surface area contributed by atoms with Gasteiger partial charge in [0.1, 0.15) is 5.03 Å². The molecule has 1 N–H and O–H groups in total. The molecule has 2 nitrogen and oxygen atoms in total. The van der Waals surface area contributed by atoms with Crippen molar-refractivity contribution in [3.8, 4) is 11.1 Å². The summed E-state index contributed by atoms with van der Waals surface area (Å²) in [6.45, 7) is 0. The van der Waals surface area contributed by atoms with Crippen molar-refractivity contribution in [3.63, 3.8) is 0 Å². The Bertz CT molecular complexity index is 867. The molecule has 0 aliphatic heterocycles. The van der Waals surface area contributed by atoms with E-state index in [-0.39, 0.29) is 5.03 Å². The lowest BCUT2D eigenvalue weighted by molar-refractivity contribution is -0.131. The van der Waals surface area contributed by atoms with E-state index in [2.05, 4.69) is 0 Å². The summed E-state index contributed by atoms with van der Waals surface area (Å²) in [5.74, 6) is -1.14. The number of hydrogen-bond donors (Lipinski definition) is 1. The first-order valence-corrected chi connectivity index (χ1v) is 7.89. The first-order chi connectivity index (χ1) is 11.7. The van der Waals surface area contributed by atoms with Crippen molar-refractivity contribution >= 4 is 23.1 Å². The molecule has 0 bridgehead atoms. The molecule has 3 rings (SSSR count). The van der Waals surface area contributed by atoms with Crippen molar-refractivity contribution in [1.82, 2.24) is 0 Å². The van der Waals surface area contributed by atoms with Crippen LogP contribution in [0.25, 0.3) is 16.7 Å². The largest absolute Gasteiger partial charge is 0.477 e. The van der Waals surface area contributed by atoms with E-state index in [9.17, 15) is 9.90 Å². The molecule has 0 unspecified atom stereocenters. The Balaban J connectivity index is 2.07. The number of rotatable bonds is 4. The highest BCUT2D eigenvalue weighted by Crippen LogP contribution is 2.30. The Kier molecular flexibility index (Phi) is 4.78. The van der Waals surface area contributed by atoms with Gasteiger partial charge < -0.3 is 5.11 Å². The highest BCUT2D eigenvalue weighted by atomic mass is 35.5. The zero-order valence-electron chi connectivity index (χ0n) is 12.8. The van der Waals surface area contributed by atoms with Gasteiger partial charge in [-0.25, -0.2) is 4.79 Å². The smallest absolute Gasteiger partial charge is 0.347 e. The summed E-state index contributed by atoms with van der Waals surface area (Å²) >= 11 is 6.09.